The molecule has 66 heavy (non-hydrogen) atoms. The lowest BCUT2D eigenvalue weighted by molar-refractivity contribution is -0.166. The Kier molecular flexibility index (Phi) is 51.9. The Morgan fingerprint density at radius 2 is 0.621 bits per heavy atom. The number of rotatable bonds is 50. The average molecular weight is 921 g/mol. The van der Waals surface area contributed by atoms with Gasteiger partial charge in [0, 0.05) is 19.3 Å². The van der Waals surface area contributed by atoms with Crippen LogP contribution in [0.2, 0.25) is 0 Å². The van der Waals surface area contributed by atoms with Crippen molar-refractivity contribution in [2.75, 3.05) is 13.2 Å². The SMILES string of the molecule is CC/C=C\C/C=C\C/C=C\C/C=C\C/C=C\CCC(=O)OC(COC(=O)CCCCCCC/C=C\CCCCCCCCCCC)COC(=O)CCCCCCCCCCCCCCCC. The van der Waals surface area contributed by atoms with Crippen molar-refractivity contribution in [3.05, 3.63) is 72.9 Å². The fourth-order valence-corrected chi connectivity index (χ4v) is 7.78. The fourth-order valence-electron chi connectivity index (χ4n) is 7.78. The van der Waals surface area contributed by atoms with E-state index in [9.17, 15) is 14.4 Å². The Bertz CT molecular complexity index is 1240. The summed E-state index contributed by atoms with van der Waals surface area (Å²) in [6.07, 6.45) is 69.0. The highest BCUT2D eigenvalue weighted by Gasteiger charge is 2.19. The van der Waals surface area contributed by atoms with Gasteiger partial charge in [0.2, 0.25) is 0 Å². The molecule has 6 nitrogen and oxygen atoms in total. The molecule has 0 bridgehead atoms. The van der Waals surface area contributed by atoms with E-state index in [0.717, 1.165) is 77.0 Å². The number of esters is 3. The summed E-state index contributed by atoms with van der Waals surface area (Å²) in [7, 11) is 0. The Balaban J connectivity index is 4.47. The molecule has 0 aliphatic carbocycles. The van der Waals surface area contributed by atoms with Gasteiger partial charge in [0.05, 0.1) is 0 Å². The molecule has 0 spiro atoms. The molecule has 0 aromatic rings. The number of allylic oxidation sites excluding steroid dienone is 12. The van der Waals surface area contributed by atoms with Crippen LogP contribution in [0.5, 0.6) is 0 Å². The van der Waals surface area contributed by atoms with Crippen LogP contribution in [0.1, 0.15) is 271 Å². The van der Waals surface area contributed by atoms with Gasteiger partial charge in [-0.2, -0.15) is 0 Å². The van der Waals surface area contributed by atoms with Gasteiger partial charge in [-0.3, -0.25) is 14.4 Å². The predicted octanol–water partition coefficient (Wildman–Crippen LogP) is 18.6. The van der Waals surface area contributed by atoms with Crippen molar-refractivity contribution in [1.82, 2.24) is 0 Å². The van der Waals surface area contributed by atoms with E-state index >= 15 is 0 Å². The zero-order valence-corrected chi connectivity index (χ0v) is 43.4. The summed E-state index contributed by atoms with van der Waals surface area (Å²) in [5.74, 6) is -0.990. The summed E-state index contributed by atoms with van der Waals surface area (Å²) in [6, 6.07) is 0. The van der Waals surface area contributed by atoms with Gasteiger partial charge in [0.15, 0.2) is 6.10 Å². The topological polar surface area (TPSA) is 78.9 Å². The van der Waals surface area contributed by atoms with Crippen LogP contribution >= 0.6 is 0 Å². The van der Waals surface area contributed by atoms with Crippen LogP contribution in [0, 0.1) is 0 Å². The minimum Gasteiger partial charge on any atom is -0.462 e. The van der Waals surface area contributed by atoms with E-state index in [4.69, 9.17) is 14.2 Å². The van der Waals surface area contributed by atoms with Crippen LogP contribution < -0.4 is 0 Å². The highest BCUT2D eigenvalue weighted by molar-refractivity contribution is 5.71. The molecule has 0 aliphatic heterocycles. The molecule has 0 radical (unpaired) electrons. The maximum atomic E-state index is 12.8. The molecule has 0 saturated carbocycles. The summed E-state index contributed by atoms with van der Waals surface area (Å²) in [5, 5.41) is 0. The van der Waals surface area contributed by atoms with Crippen LogP contribution in [0.3, 0.4) is 0 Å². The monoisotopic (exact) mass is 921 g/mol. The van der Waals surface area contributed by atoms with E-state index in [1.165, 1.54) is 148 Å². The third-order valence-corrected chi connectivity index (χ3v) is 12.0. The maximum absolute atomic E-state index is 12.8. The van der Waals surface area contributed by atoms with Crippen LogP contribution in [0.4, 0.5) is 0 Å². The van der Waals surface area contributed by atoms with E-state index in [1.54, 1.807) is 0 Å². The molecule has 0 N–H and O–H groups in total. The Morgan fingerprint density at radius 3 is 0.985 bits per heavy atom. The molecule has 0 saturated heterocycles. The van der Waals surface area contributed by atoms with Gasteiger partial charge in [0.1, 0.15) is 13.2 Å². The molecule has 0 aromatic heterocycles. The standard InChI is InChI=1S/C60H104O6/c1-4-7-10-13-16-19-22-25-28-30-31-33-35-38-41-44-47-50-53-59(62)65-56-57(55-64-58(61)52-49-46-43-40-37-34-27-24-21-18-15-12-9-6-3)66-60(63)54-51-48-45-42-39-36-32-29-26-23-20-17-14-11-8-5-2/h8,11,17,20,26,29,31,33,36,39,45,48,57H,4-7,9-10,12-16,18-19,21-25,27-28,30,32,34-35,37-38,40-44,46-47,49-56H2,1-3H3/b11-8-,20-17-,29-26-,33-31-,39-36-,48-45-. The van der Waals surface area contributed by atoms with Crippen molar-refractivity contribution in [2.24, 2.45) is 0 Å². The molecule has 1 unspecified atom stereocenters. The second kappa shape index (κ2) is 54.5. The molecule has 0 aliphatic rings. The first-order chi connectivity index (χ1) is 32.5. The Labute approximate surface area is 408 Å². The Morgan fingerprint density at radius 1 is 0.318 bits per heavy atom. The zero-order valence-electron chi connectivity index (χ0n) is 43.4. The van der Waals surface area contributed by atoms with Gasteiger partial charge in [-0.25, -0.2) is 0 Å². The predicted molar refractivity (Wildman–Crippen MR) is 284 cm³/mol. The van der Waals surface area contributed by atoms with Crippen molar-refractivity contribution < 1.29 is 28.6 Å². The lowest BCUT2D eigenvalue weighted by Gasteiger charge is -2.18. The van der Waals surface area contributed by atoms with Gasteiger partial charge in [-0.1, -0.05) is 248 Å². The molecule has 1 atom stereocenters. The summed E-state index contributed by atoms with van der Waals surface area (Å²) < 4.78 is 16.8. The molecule has 6 heteroatoms. The number of unbranched alkanes of at least 4 members (excludes halogenated alkanes) is 27. The number of carbonyl (C=O) groups is 3. The van der Waals surface area contributed by atoms with E-state index in [0.29, 0.717) is 19.3 Å². The molecular weight excluding hydrogens is 817 g/mol. The van der Waals surface area contributed by atoms with Crippen molar-refractivity contribution >= 4 is 17.9 Å². The highest BCUT2D eigenvalue weighted by atomic mass is 16.6. The van der Waals surface area contributed by atoms with Gasteiger partial charge in [0.25, 0.3) is 0 Å². The molecule has 0 amide bonds. The lowest BCUT2D eigenvalue weighted by Crippen LogP contribution is -2.30. The summed E-state index contributed by atoms with van der Waals surface area (Å²) >= 11 is 0. The summed E-state index contributed by atoms with van der Waals surface area (Å²) in [5.41, 5.74) is 0. The van der Waals surface area contributed by atoms with Crippen LogP contribution in [-0.4, -0.2) is 37.2 Å². The van der Waals surface area contributed by atoms with E-state index in [-0.39, 0.29) is 31.6 Å². The first-order valence-corrected chi connectivity index (χ1v) is 27.9. The molecule has 0 aromatic carbocycles. The molecule has 0 heterocycles. The average Bonchev–Trinajstić information content (AvgIpc) is 3.31. The molecule has 0 fully saturated rings. The zero-order chi connectivity index (χ0) is 47.9. The van der Waals surface area contributed by atoms with Gasteiger partial charge in [-0.15, -0.1) is 0 Å². The largest absolute Gasteiger partial charge is 0.462 e. The minimum atomic E-state index is -0.816. The number of ether oxygens (including phenoxy) is 3. The molecular formula is C60H104O6. The second-order valence-corrected chi connectivity index (χ2v) is 18.5. The first-order valence-electron chi connectivity index (χ1n) is 27.9. The highest BCUT2D eigenvalue weighted by Crippen LogP contribution is 2.15. The first kappa shape index (κ1) is 62.8. The summed E-state index contributed by atoms with van der Waals surface area (Å²) in [4.78, 5) is 38.1. The van der Waals surface area contributed by atoms with Crippen LogP contribution in [0.25, 0.3) is 0 Å². The molecule has 380 valence electrons. The fraction of sp³-hybridized carbons (Fsp3) is 0.750. The van der Waals surface area contributed by atoms with Gasteiger partial charge < -0.3 is 14.2 Å². The normalized spacial score (nSPS) is 12.6. The van der Waals surface area contributed by atoms with Gasteiger partial charge in [-0.05, 0) is 77.0 Å². The van der Waals surface area contributed by atoms with Crippen molar-refractivity contribution in [3.8, 4) is 0 Å². The van der Waals surface area contributed by atoms with E-state index in [1.807, 2.05) is 6.08 Å². The van der Waals surface area contributed by atoms with Gasteiger partial charge >= 0.3 is 17.9 Å². The lowest BCUT2D eigenvalue weighted by atomic mass is 10.0. The van der Waals surface area contributed by atoms with Crippen molar-refractivity contribution in [2.45, 2.75) is 277 Å². The Hall–Kier alpha value is -3.15. The minimum absolute atomic E-state index is 0.105. The van der Waals surface area contributed by atoms with Crippen LogP contribution in [0.15, 0.2) is 72.9 Å². The quantitative estimate of drug-likeness (QED) is 0.0262. The van der Waals surface area contributed by atoms with Crippen LogP contribution in [-0.2, 0) is 28.6 Å². The number of carbonyl (C=O) groups excluding carboxylic acids is 3. The third-order valence-electron chi connectivity index (χ3n) is 12.0. The maximum Gasteiger partial charge on any atom is 0.306 e. The summed E-state index contributed by atoms with van der Waals surface area (Å²) in [6.45, 7) is 6.47. The number of hydrogen-bond donors (Lipinski definition) is 0. The van der Waals surface area contributed by atoms with E-state index in [2.05, 4.69) is 87.6 Å². The van der Waals surface area contributed by atoms with Crippen molar-refractivity contribution in [3.63, 3.8) is 0 Å². The second-order valence-electron chi connectivity index (χ2n) is 18.5. The number of hydrogen-bond acceptors (Lipinski definition) is 6. The molecule has 0 rings (SSSR count). The smallest absolute Gasteiger partial charge is 0.306 e. The van der Waals surface area contributed by atoms with Crippen molar-refractivity contribution in [1.29, 1.82) is 0 Å². The van der Waals surface area contributed by atoms with E-state index < -0.39 is 12.1 Å². The third kappa shape index (κ3) is 51.8.